The summed E-state index contributed by atoms with van der Waals surface area (Å²) >= 11 is 0. The van der Waals surface area contributed by atoms with Crippen molar-refractivity contribution in [3.05, 3.63) is 23.8 Å². The van der Waals surface area contributed by atoms with Crippen molar-refractivity contribution in [3.8, 4) is 0 Å². The Balaban J connectivity index is 1.88. The zero-order valence-electron chi connectivity index (χ0n) is 8.83. The molecule has 3 aliphatic rings. The van der Waals surface area contributed by atoms with Crippen LogP contribution in [0.3, 0.4) is 0 Å². The zero-order valence-corrected chi connectivity index (χ0v) is 8.83. The molecule has 0 unspecified atom stereocenters. The Kier molecular flexibility index (Phi) is 2.42. The first-order valence-electron chi connectivity index (χ1n) is 5.58. The van der Waals surface area contributed by atoms with Crippen molar-refractivity contribution < 1.29 is 19.4 Å². The largest absolute Gasteiger partial charge is 0.393 e. The maximum Gasteiger partial charge on any atom is 0.156 e. The lowest BCUT2D eigenvalue weighted by atomic mass is 9.90. The van der Waals surface area contributed by atoms with Gasteiger partial charge < -0.3 is 14.6 Å². The predicted octanol–water partition coefficient (Wildman–Crippen LogP) is 0.216. The summed E-state index contributed by atoms with van der Waals surface area (Å²) in [7, 11) is 0. The molecule has 0 radical (unpaired) electrons. The Morgan fingerprint density at radius 2 is 2.31 bits per heavy atom. The van der Waals surface area contributed by atoms with Gasteiger partial charge in [-0.15, -0.1) is 0 Å². The number of allylic oxidation sites excluding steroid dienone is 1. The summed E-state index contributed by atoms with van der Waals surface area (Å²) in [5.41, 5.74) is 1.05. The van der Waals surface area contributed by atoms with Gasteiger partial charge in [0, 0.05) is 12.3 Å². The van der Waals surface area contributed by atoms with Crippen LogP contribution in [0.2, 0.25) is 0 Å². The predicted molar refractivity (Wildman–Crippen MR) is 55.8 cm³/mol. The van der Waals surface area contributed by atoms with Gasteiger partial charge in [-0.1, -0.05) is 12.2 Å². The third-order valence-electron chi connectivity index (χ3n) is 3.38. The van der Waals surface area contributed by atoms with Gasteiger partial charge in [-0.2, -0.15) is 0 Å². The van der Waals surface area contributed by atoms with Crippen LogP contribution >= 0.6 is 0 Å². The van der Waals surface area contributed by atoms with Crippen molar-refractivity contribution in [1.82, 2.24) is 0 Å². The van der Waals surface area contributed by atoms with E-state index in [9.17, 15) is 4.79 Å². The average Bonchev–Trinajstić information content (AvgIpc) is 2.69. The van der Waals surface area contributed by atoms with E-state index in [0.717, 1.165) is 5.57 Å². The lowest BCUT2D eigenvalue weighted by molar-refractivity contribution is -0.117. The molecule has 3 rings (SSSR count). The molecule has 1 N–H and O–H groups in total. The second-order valence-electron chi connectivity index (χ2n) is 4.47. The zero-order chi connectivity index (χ0) is 11.1. The topological polar surface area (TPSA) is 55.8 Å². The molecule has 4 nitrogen and oxygen atoms in total. The molecule has 0 aromatic rings. The van der Waals surface area contributed by atoms with E-state index in [-0.39, 0.29) is 36.6 Å². The molecule has 1 saturated heterocycles. The fourth-order valence-corrected chi connectivity index (χ4v) is 2.58. The van der Waals surface area contributed by atoms with Gasteiger partial charge in [0.2, 0.25) is 0 Å². The molecular weight excluding hydrogens is 208 g/mol. The van der Waals surface area contributed by atoms with Crippen LogP contribution in [0.4, 0.5) is 0 Å². The standard InChI is InChI=1S/C12H14O4/c13-5-9-1-2-11-12(16-9)10-4-8(14)3-7(10)6-15-11/h1-2,4,7,9,11-13H,3,5-6H2/t7-,9-,11+,12+/m0/s1. The fraction of sp³-hybridized carbons (Fsp3) is 0.583. The lowest BCUT2D eigenvalue weighted by Gasteiger charge is -2.38. The molecule has 0 amide bonds. The van der Waals surface area contributed by atoms with Crippen LogP contribution in [0.25, 0.3) is 0 Å². The summed E-state index contributed by atoms with van der Waals surface area (Å²) in [6, 6.07) is 0. The van der Waals surface area contributed by atoms with Crippen molar-refractivity contribution in [3.63, 3.8) is 0 Å². The molecule has 1 fully saturated rings. The van der Waals surface area contributed by atoms with E-state index in [2.05, 4.69) is 0 Å². The molecule has 4 atom stereocenters. The number of carbonyl (C=O) groups is 1. The van der Waals surface area contributed by atoms with E-state index in [1.807, 2.05) is 12.2 Å². The number of rotatable bonds is 1. The van der Waals surface area contributed by atoms with E-state index in [0.29, 0.717) is 13.0 Å². The molecule has 0 spiro atoms. The highest BCUT2D eigenvalue weighted by Gasteiger charge is 2.41. The number of carbonyl (C=O) groups excluding carboxylic acids is 1. The maximum absolute atomic E-state index is 11.4. The molecule has 4 heteroatoms. The van der Waals surface area contributed by atoms with Crippen LogP contribution < -0.4 is 0 Å². The summed E-state index contributed by atoms with van der Waals surface area (Å²) in [5, 5.41) is 9.07. The summed E-state index contributed by atoms with van der Waals surface area (Å²) < 4.78 is 11.4. The van der Waals surface area contributed by atoms with Crippen molar-refractivity contribution in [2.24, 2.45) is 5.92 Å². The normalized spacial score (nSPS) is 41.6. The smallest absolute Gasteiger partial charge is 0.156 e. The van der Waals surface area contributed by atoms with E-state index in [1.165, 1.54) is 0 Å². The molecule has 0 aromatic heterocycles. The SMILES string of the molecule is O=C1C=C2[C@H](CO[C@@H]3C=C[C@@H](CO)O[C@H]23)C1. The minimum Gasteiger partial charge on any atom is -0.393 e. The highest BCUT2D eigenvalue weighted by atomic mass is 16.6. The second-order valence-corrected chi connectivity index (χ2v) is 4.47. The van der Waals surface area contributed by atoms with Crippen LogP contribution in [0, 0.1) is 5.92 Å². The average molecular weight is 222 g/mol. The van der Waals surface area contributed by atoms with Crippen LogP contribution in [-0.4, -0.2) is 42.4 Å². The number of ketones is 1. The highest BCUT2D eigenvalue weighted by Crippen LogP contribution is 2.37. The Morgan fingerprint density at radius 1 is 1.44 bits per heavy atom. The lowest BCUT2D eigenvalue weighted by Crippen LogP contribution is -2.45. The molecule has 2 aliphatic heterocycles. The van der Waals surface area contributed by atoms with Crippen molar-refractivity contribution in [1.29, 1.82) is 0 Å². The third kappa shape index (κ3) is 1.54. The summed E-state index contributed by atoms with van der Waals surface area (Å²) in [4.78, 5) is 11.4. The number of hydrogen-bond acceptors (Lipinski definition) is 4. The van der Waals surface area contributed by atoms with Crippen molar-refractivity contribution in [2.75, 3.05) is 13.2 Å². The first-order valence-corrected chi connectivity index (χ1v) is 5.58. The molecular formula is C12H14O4. The van der Waals surface area contributed by atoms with Gasteiger partial charge in [-0.3, -0.25) is 4.79 Å². The van der Waals surface area contributed by atoms with Crippen molar-refractivity contribution in [2.45, 2.75) is 24.7 Å². The van der Waals surface area contributed by atoms with E-state index in [4.69, 9.17) is 14.6 Å². The first kappa shape index (κ1) is 10.2. The van der Waals surface area contributed by atoms with Gasteiger partial charge in [0.25, 0.3) is 0 Å². The van der Waals surface area contributed by atoms with Crippen LogP contribution in [-0.2, 0) is 14.3 Å². The van der Waals surface area contributed by atoms with Gasteiger partial charge in [-0.25, -0.2) is 0 Å². The van der Waals surface area contributed by atoms with Crippen LogP contribution in [0.5, 0.6) is 0 Å². The van der Waals surface area contributed by atoms with E-state index < -0.39 is 0 Å². The monoisotopic (exact) mass is 222 g/mol. The van der Waals surface area contributed by atoms with Gasteiger partial charge in [0.05, 0.1) is 19.3 Å². The van der Waals surface area contributed by atoms with Gasteiger partial charge >= 0.3 is 0 Å². The van der Waals surface area contributed by atoms with Crippen LogP contribution in [0.15, 0.2) is 23.8 Å². The number of aliphatic hydroxyl groups is 1. The molecule has 16 heavy (non-hydrogen) atoms. The number of aliphatic hydroxyl groups excluding tert-OH is 1. The molecule has 0 bridgehead atoms. The van der Waals surface area contributed by atoms with Gasteiger partial charge in [0.15, 0.2) is 5.78 Å². The second kappa shape index (κ2) is 3.80. The van der Waals surface area contributed by atoms with Gasteiger partial charge in [0.1, 0.15) is 12.2 Å². The highest BCUT2D eigenvalue weighted by molar-refractivity contribution is 5.93. The molecule has 2 heterocycles. The quantitative estimate of drug-likeness (QED) is 0.645. The fourth-order valence-electron chi connectivity index (χ4n) is 2.58. The van der Waals surface area contributed by atoms with Gasteiger partial charge in [-0.05, 0) is 11.6 Å². The number of fused-ring (bicyclic) bond motifs is 3. The summed E-state index contributed by atoms with van der Waals surface area (Å²) in [5.74, 6) is 0.336. The van der Waals surface area contributed by atoms with E-state index >= 15 is 0 Å². The number of hydrogen-bond donors (Lipinski definition) is 1. The number of ether oxygens (including phenoxy) is 2. The third-order valence-corrected chi connectivity index (χ3v) is 3.38. The van der Waals surface area contributed by atoms with Crippen LogP contribution in [0.1, 0.15) is 6.42 Å². The molecule has 1 aliphatic carbocycles. The Morgan fingerprint density at radius 3 is 3.12 bits per heavy atom. The minimum atomic E-state index is -0.278. The Hall–Kier alpha value is -0.970. The maximum atomic E-state index is 11.4. The molecule has 0 saturated carbocycles. The Labute approximate surface area is 93.5 Å². The van der Waals surface area contributed by atoms with E-state index in [1.54, 1.807) is 6.08 Å². The Bertz CT molecular complexity index is 371. The first-order chi connectivity index (χ1) is 7.78. The minimum absolute atomic E-state index is 0.0361. The summed E-state index contributed by atoms with van der Waals surface area (Å²) in [6.07, 6.45) is 5.41. The molecule has 86 valence electrons. The van der Waals surface area contributed by atoms with Crippen molar-refractivity contribution >= 4 is 5.78 Å². The summed E-state index contributed by atoms with van der Waals surface area (Å²) in [6.45, 7) is 0.557. The molecule has 0 aromatic carbocycles.